The number of nitrogens with two attached hydrogens (primary N) is 1. The van der Waals surface area contributed by atoms with Crippen LogP contribution in [0.25, 0.3) is 22.2 Å². The average molecular weight is 377 g/mol. The van der Waals surface area contributed by atoms with E-state index in [0.717, 1.165) is 65.9 Å². The normalized spacial score (nSPS) is 14.9. The monoisotopic (exact) mass is 377 g/mol. The molecule has 0 radical (unpaired) electrons. The van der Waals surface area contributed by atoms with Gasteiger partial charge in [-0.05, 0) is 63.5 Å². The lowest BCUT2D eigenvalue weighted by atomic mass is 10.1. The van der Waals surface area contributed by atoms with E-state index in [2.05, 4.69) is 27.2 Å². The van der Waals surface area contributed by atoms with Gasteiger partial charge in [-0.2, -0.15) is 0 Å². The van der Waals surface area contributed by atoms with Gasteiger partial charge >= 0.3 is 0 Å². The first kappa shape index (κ1) is 19.8. The zero-order valence-corrected chi connectivity index (χ0v) is 16.4. The third kappa shape index (κ3) is 5.04. The number of carbonyl (C=O) groups excluding carboxylic acids is 1. The predicted octanol–water partition coefficient (Wildman–Crippen LogP) is 3.01. The number of aromatic nitrogens is 2. The van der Waals surface area contributed by atoms with Crippen molar-refractivity contribution in [2.75, 3.05) is 25.9 Å². The molecule has 1 fully saturated rings. The number of nitrogen functional groups attached to an aromatic ring is 1. The molecular formula is C22H27N5O. The Morgan fingerprint density at radius 3 is 2.68 bits per heavy atom. The third-order valence-electron chi connectivity index (χ3n) is 4.99. The minimum atomic E-state index is 0.425. The summed E-state index contributed by atoms with van der Waals surface area (Å²) >= 11 is 0. The molecule has 4 rings (SSSR count). The Hall–Kier alpha value is -2.99. The number of benzene rings is 2. The molecule has 0 spiro atoms. The Bertz CT molecular complexity index is 935. The smallest absolute Gasteiger partial charge is 0.207 e. The summed E-state index contributed by atoms with van der Waals surface area (Å²) in [5, 5.41) is 4.97. The van der Waals surface area contributed by atoms with Crippen LogP contribution in [0.15, 0.2) is 48.7 Å². The summed E-state index contributed by atoms with van der Waals surface area (Å²) in [4.78, 5) is 21.0. The van der Waals surface area contributed by atoms with Crippen LogP contribution >= 0.6 is 0 Å². The molecule has 28 heavy (non-hydrogen) atoms. The predicted molar refractivity (Wildman–Crippen MR) is 114 cm³/mol. The summed E-state index contributed by atoms with van der Waals surface area (Å²) in [6.45, 7) is 4.16. The van der Waals surface area contributed by atoms with Crippen molar-refractivity contribution in [2.24, 2.45) is 0 Å². The number of piperidine rings is 1. The molecule has 2 heterocycles. The van der Waals surface area contributed by atoms with Crippen molar-refractivity contribution in [2.45, 2.75) is 25.8 Å². The maximum atomic E-state index is 10.0. The number of hydrogen-bond donors (Lipinski definition) is 2. The quantitative estimate of drug-likeness (QED) is 0.541. The van der Waals surface area contributed by atoms with Crippen molar-refractivity contribution in [1.29, 1.82) is 0 Å². The topological polar surface area (TPSA) is 84.1 Å². The zero-order chi connectivity index (χ0) is 19.9. The van der Waals surface area contributed by atoms with Gasteiger partial charge in [0.25, 0.3) is 0 Å². The first-order chi connectivity index (χ1) is 13.6. The molecule has 3 aromatic rings. The lowest BCUT2D eigenvalue weighted by molar-refractivity contribution is -0.110. The van der Waals surface area contributed by atoms with Crippen LogP contribution in [0.4, 0.5) is 5.69 Å². The van der Waals surface area contributed by atoms with Crippen molar-refractivity contribution in [3.8, 4) is 11.4 Å². The zero-order valence-electron chi connectivity index (χ0n) is 16.4. The number of fused-ring (bicyclic) bond motifs is 1. The number of likely N-dealkylation sites (tertiary alicyclic amines) is 1. The SMILES string of the molecule is CN1CCC(NC=O)CC1.Cc1ccnc(-c2ccc3cccc(N)c3c2)n1. The van der Waals surface area contributed by atoms with Gasteiger partial charge in [0.2, 0.25) is 6.41 Å². The molecule has 2 aromatic carbocycles. The van der Waals surface area contributed by atoms with Crippen molar-refractivity contribution in [1.82, 2.24) is 20.2 Å². The summed E-state index contributed by atoms with van der Waals surface area (Å²) in [5.74, 6) is 0.736. The molecule has 0 atom stereocenters. The molecule has 1 amide bonds. The van der Waals surface area contributed by atoms with Gasteiger partial charge in [-0.25, -0.2) is 9.97 Å². The summed E-state index contributed by atoms with van der Waals surface area (Å²) < 4.78 is 0. The third-order valence-corrected chi connectivity index (χ3v) is 4.99. The largest absolute Gasteiger partial charge is 0.398 e. The minimum Gasteiger partial charge on any atom is -0.398 e. The van der Waals surface area contributed by atoms with Crippen molar-refractivity contribution < 1.29 is 4.79 Å². The molecular weight excluding hydrogens is 350 g/mol. The van der Waals surface area contributed by atoms with Gasteiger partial charge in [-0.1, -0.05) is 24.3 Å². The maximum Gasteiger partial charge on any atom is 0.207 e. The highest BCUT2D eigenvalue weighted by Gasteiger charge is 2.14. The molecule has 0 aliphatic carbocycles. The molecule has 1 aliphatic heterocycles. The molecule has 1 aromatic heterocycles. The van der Waals surface area contributed by atoms with Gasteiger partial charge in [0.15, 0.2) is 5.82 Å². The molecule has 0 bridgehead atoms. The number of nitrogens with one attached hydrogen (secondary N) is 1. The van der Waals surface area contributed by atoms with Crippen LogP contribution in [0.3, 0.4) is 0 Å². The fourth-order valence-corrected chi connectivity index (χ4v) is 3.30. The van der Waals surface area contributed by atoms with Gasteiger partial charge in [-0.3, -0.25) is 4.79 Å². The van der Waals surface area contributed by atoms with E-state index in [9.17, 15) is 4.79 Å². The Morgan fingerprint density at radius 1 is 1.18 bits per heavy atom. The molecule has 1 aliphatic rings. The van der Waals surface area contributed by atoms with Crippen LogP contribution in [-0.2, 0) is 4.79 Å². The number of carbonyl (C=O) groups is 1. The Kier molecular flexibility index (Phi) is 6.55. The number of aryl methyl sites for hydroxylation is 1. The summed E-state index contributed by atoms with van der Waals surface area (Å²) in [5.41, 5.74) is 8.72. The van der Waals surface area contributed by atoms with Gasteiger partial charge in [0.05, 0.1) is 0 Å². The second kappa shape index (κ2) is 9.28. The van der Waals surface area contributed by atoms with E-state index in [1.54, 1.807) is 6.20 Å². The highest BCUT2D eigenvalue weighted by molar-refractivity contribution is 5.95. The molecule has 1 saturated heterocycles. The average Bonchev–Trinajstić information content (AvgIpc) is 2.71. The van der Waals surface area contributed by atoms with E-state index in [1.807, 2.05) is 49.4 Å². The molecule has 6 heteroatoms. The maximum absolute atomic E-state index is 10.0. The lowest BCUT2D eigenvalue weighted by Gasteiger charge is -2.28. The summed E-state index contributed by atoms with van der Waals surface area (Å²) in [6, 6.07) is 14.3. The molecule has 146 valence electrons. The van der Waals surface area contributed by atoms with Crippen LogP contribution in [0.5, 0.6) is 0 Å². The molecule has 6 nitrogen and oxygen atoms in total. The standard InChI is InChI=1S/C15H13N3.C7H14N2O/c1-10-7-8-17-15(18-10)12-6-5-11-3-2-4-14(16)13(11)9-12;1-9-4-2-7(3-5-9)8-6-10/h2-9H,16H2,1H3;6-7H,2-5H2,1H3,(H,8,10). The number of hydrogen-bond acceptors (Lipinski definition) is 5. The summed E-state index contributed by atoms with van der Waals surface area (Å²) in [6.07, 6.45) is 4.76. The van der Waals surface area contributed by atoms with Crippen LogP contribution in [0.2, 0.25) is 0 Å². The second-order valence-electron chi connectivity index (χ2n) is 7.17. The lowest BCUT2D eigenvalue weighted by Crippen LogP contribution is -2.40. The van der Waals surface area contributed by atoms with Gasteiger partial charge in [0, 0.05) is 34.6 Å². The van der Waals surface area contributed by atoms with E-state index in [-0.39, 0.29) is 0 Å². The highest BCUT2D eigenvalue weighted by atomic mass is 16.1. The Balaban J connectivity index is 0.000000192. The number of rotatable bonds is 3. The van der Waals surface area contributed by atoms with Gasteiger partial charge in [-0.15, -0.1) is 0 Å². The Morgan fingerprint density at radius 2 is 1.96 bits per heavy atom. The number of anilines is 1. The minimum absolute atomic E-state index is 0.425. The van der Waals surface area contributed by atoms with Crippen molar-refractivity contribution in [3.05, 3.63) is 54.4 Å². The van der Waals surface area contributed by atoms with Crippen LogP contribution in [0, 0.1) is 6.92 Å². The second-order valence-corrected chi connectivity index (χ2v) is 7.17. The van der Waals surface area contributed by atoms with E-state index in [0.29, 0.717) is 6.04 Å². The first-order valence-corrected chi connectivity index (χ1v) is 9.53. The van der Waals surface area contributed by atoms with Crippen LogP contribution < -0.4 is 11.1 Å². The van der Waals surface area contributed by atoms with E-state index >= 15 is 0 Å². The molecule has 3 N–H and O–H groups in total. The number of nitrogens with zero attached hydrogens (tertiary/aromatic N) is 3. The number of amides is 1. The van der Waals surface area contributed by atoms with Crippen LogP contribution in [-0.4, -0.2) is 47.5 Å². The fraction of sp³-hybridized carbons (Fsp3) is 0.318. The van der Waals surface area contributed by atoms with E-state index in [4.69, 9.17) is 5.73 Å². The molecule has 0 saturated carbocycles. The van der Waals surface area contributed by atoms with Crippen LogP contribution in [0.1, 0.15) is 18.5 Å². The van der Waals surface area contributed by atoms with Crippen molar-refractivity contribution >= 4 is 22.9 Å². The van der Waals surface area contributed by atoms with Gasteiger partial charge in [0.1, 0.15) is 0 Å². The highest BCUT2D eigenvalue weighted by Crippen LogP contribution is 2.25. The fourth-order valence-electron chi connectivity index (χ4n) is 3.30. The van der Waals surface area contributed by atoms with E-state index < -0.39 is 0 Å². The van der Waals surface area contributed by atoms with E-state index in [1.165, 1.54) is 0 Å². The molecule has 0 unspecified atom stereocenters. The van der Waals surface area contributed by atoms with Gasteiger partial charge < -0.3 is 16.0 Å². The Labute approximate surface area is 165 Å². The van der Waals surface area contributed by atoms with Crippen molar-refractivity contribution in [3.63, 3.8) is 0 Å². The summed E-state index contributed by atoms with van der Waals surface area (Å²) in [7, 11) is 2.11. The first-order valence-electron chi connectivity index (χ1n) is 9.53.